The van der Waals surface area contributed by atoms with Crippen molar-refractivity contribution in [3.63, 3.8) is 0 Å². The summed E-state index contributed by atoms with van der Waals surface area (Å²) in [5, 5.41) is 0. The van der Waals surface area contributed by atoms with Gasteiger partial charge in [0, 0.05) is 19.5 Å². The second kappa shape index (κ2) is 9.78. The number of halogens is 1. The Hall–Kier alpha value is -1.26. The second-order valence-electron chi connectivity index (χ2n) is 6.30. The van der Waals surface area contributed by atoms with Crippen LogP contribution in [-0.2, 0) is 4.79 Å². The van der Waals surface area contributed by atoms with Crippen LogP contribution < -0.4 is 10.5 Å². The van der Waals surface area contributed by atoms with Crippen molar-refractivity contribution in [1.29, 1.82) is 0 Å². The van der Waals surface area contributed by atoms with E-state index >= 15 is 0 Å². The summed E-state index contributed by atoms with van der Waals surface area (Å²) in [5.74, 6) is 1.72. The summed E-state index contributed by atoms with van der Waals surface area (Å²) in [6.45, 7) is 7.19. The number of nitrogens with two attached hydrogens (primary N) is 1. The lowest BCUT2D eigenvalue weighted by Crippen LogP contribution is -2.29. The van der Waals surface area contributed by atoms with Crippen LogP contribution in [0.1, 0.15) is 36.8 Å². The van der Waals surface area contributed by atoms with Gasteiger partial charge in [-0.2, -0.15) is 0 Å². The van der Waals surface area contributed by atoms with Gasteiger partial charge in [0.05, 0.1) is 6.61 Å². The molecule has 1 heterocycles. The van der Waals surface area contributed by atoms with Crippen molar-refractivity contribution in [3.8, 4) is 5.75 Å². The lowest BCUT2D eigenvalue weighted by molar-refractivity contribution is -0.130. The Kier molecular flexibility index (Phi) is 8.42. The first-order valence-electron chi connectivity index (χ1n) is 8.28. The molecule has 0 spiro atoms. The highest BCUT2D eigenvalue weighted by Crippen LogP contribution is 2.20. The highest BCUT2D eigenvalue weighted by molar-refractivity contribution is 5.85. The summed E-state index contributed by atoms with van der Waals surface area (Å²) >= 11 is 0. The van der Waals surface area contributed by atoms with Crippen molar-refractivity contribution in [3.05, 3.63) is 29.3 Å². The average Bonchev–Trinajstić information content (AvgIpc) is 2.99. The number of rotatable bonds is 7. The molecule has 0 radical (unpaired) electrons. The van der Waals surface area contributed by atoms with Crippen molar-refractivity contribution < 1.29 is 9.53 Å². The van der Waals surface area contributed by atoms with E-state index in [1.165, 1.54) is 5.56 Å². The van der Waals surface area contributed by atoms with Crippen LogP contribution in [0, 0.1) is 19.8 Å². The molecule has 2 N–H and O–H groups in total. The second-order valence-corrected chi connectivity index (χ2v) is 6.30. The van der Waals surface area contributed by atoms with Crippen molar-refractivity contribution in [1.82, 2.24) is 4.90 Å². The zero-order valence-electron chi connectivity index (χ0n) is 14.2. The predicted molar refractivity (Wildman–Crippen MR) is 96.3 cm³/mol. The van der Waals surface area contributed by atoms with E-state index < -0.39 is 0 Å². The third-order valence-corrected chi connectivity index (χ3v) is 4.36. The summed E-state index contributed by atoms with van der Waals surface area (Å²) in [4.78, 5) is 14.0. The number of likely N-dealkylation sites (tertiary alicyclic amines) is 1. The largest absolute Gasteiger partial charge is 0.493 e. The van der Waals surface area contributed by atoms with Crippen molar-refractivity contribution >= 4 is 18.3 Å². The van der Waals surface area contributed by atoms with Crippen LogP contribution in [0.2, 0.25) is 0 Å². The van der Waals surface area contributed by atoms with Crippen LogP contribution in [0.15, 0.2) is 18.2 Å². The third kappa shape index (κ3) is 6.04. The number of aryl methyl sites for hydroxylation is 2. The fourth-order valence-electron chi connectivity index (χ4n) is 2.83. The summed E-state index contributed by atoms with van der Waals surface area (Å²) in [6, 6.07) is 6.23. The number of hydrogen-bond donors (Lipinski definition) is 1. The molecule has 0 saturated carbocycles. The van der Waals surface area contributed by atoms with E-state index in [-0.39, 0.29) is 18.3 Å². The predicted octanol–water partition coefficient (Wildman–Crippen LogP) is 3.08. The molecule has 1 atom stereocenters. The normalized spacial score (nSPS) is 17.0. The highest BCUT2D eigenvalue weighted by atomic mass is 35.5. The fourth-order valence-corrected chi connectivity index (χ4v) is 2.83. The number of hydrogen-bond acceptors (Lipinski definition) is 3. The molecule has 1 aliphatic rings. The molecule has 1 unspecified atom stereocenters. The molecule has 1 amide bonds. The molecule has 1 aliphatic heterocycles. The summed E-state index contributed by atoms with van der Waals surface area (Å²) < 4.78 is 5.82. The number of carbonyl (C=O) groups is 1. The van der Waals surface area contributed by atoms with Crippen molar-refractivity contribution in [2.75, 3.05) is 26.2 Å². The molecular formula is C18H29ClN2O2. The minimum atomic E-state index is 0. The van der Waals surface area contributed by atoms with Crippen LogP contribution in [0.4, 0.5) is 0 Å². The van der Waals surface area contributed by atoms with Gasteiger partial charge in [0.2, 0.25) is 5.91 Å². The molecule has 130 valence electrons. The Morgan fingerprint density at radius 2 is 2.13 bits per heavy atom. The van der Waals surface area contributed by atoms with Gasteiger partial charge in [-0.15, -0.1) is 12.4 Å². The first-order chi connectivity index (χ1) is 10.6. The van der Waals surface area contributed by atoms with E-state index in [1.54, 1.807) is 0 Å². The molecule has 4 nitrogen and oxygen atoms in total. The summed E-state index contributed by atoms with van der Waals surface area (Å²) in [6.07, 6.45) is 3.46. The Bertz CT molecular complexity index is 508. The Morgan fingerprint density at radius 1 is 1.35 bits per heavy atom. The first-order valence-corrected chi connectivity index (χ1v) is 8.28. The number of benzene rings is 1. The van der Waals surface area contributed by atoms with E-state index in [2.05, 4.69) is 32.0 Å². The van der Waals surface area contributed by atoms with Crippen molar-refractivity contribution in [2.45, 2.75) is 39.5 Å². The topological polar surface area (TPSA) is 55.6 Å². The lowest BCUT2D eigenvalue weighted by atomic mass is 10.1. The molecule has 1 saturated heterocycles. The van der Waals surface area contributed by atoms with E-state index in [4.69, 9.17) is 10.5 Å². The van der Waals surface area contributed by atoms with Crippen LogP contribution in [0.5, 0.6) is 5.75 Å². The van der Waals surface area contributed by atoms with E-state index in [9.17, 15) is 4.79 Å². The van der Waals surface area contributed by atoms with E-state index in [0.29, 0.717) is 25.5 Å². The monoisotopic (exact) mass is 340 g/mol. The zero-order chi connectivity index (χ0) is 15.9. The van der Waals surface area contributed by atoms with Gasteiger partial charge in [-0.25, -0.2) is 0 Å². The Labute approximate surface area is 145 Å². The molecule has 1 aromatic carbocycles. The SMILES string of the molecule is Cc1ccc(C)c(OCCCCC(=O)N2CCC(CN)C2)c1.Cl. The molecule has 5 heteroatoms. The van der Waals surface area contributed by atoms with Gasteiger partial charge in [0.1, 0.15) is 5.75 Å². The molecule has 1 fully saturated rings. The summed E-state index contributed by atoms with van der Waals surface area (Å²) in [5.41, 5.74) is 8.03. The molecule has 1 aromatic rings. The number of nitrogens with zero attached hydrogens (tertiary/aromatic N) is 1. The van der Waals surface area contributed by atoms with Crippen LogP contribution in [0.25, 0.3) is 0 Å². The first kappa shape index (κ1) is 19.8. The Morgan fingerprint density at radius 3 is 2.83 bits per heavy atom. The number of carbonyl (C=O) groups excluding carboxylic acids is 1. The van der Waals surface area contributed by atoms with Gasteiger partial charge in [-0.3, -0.25) is 4.79 Å². The van der Waals surface area contributed by atoms with Crippen LogP contribution in [0.3, 0.4) is 0 Å². The molecular weight excluding hydrogens is 312 g/mol. The number of unbranched alkanes of at least 4 members (excludes halogenated alkanes) is 1. The number of ether oxygens (including phenoxy) is 1. The quantitative estimate of drug-likeness (QED) is 0.776. The minimum absolute atomic E-state index is 0. The van der Waals surface area contributed by atoms with Gasteiger partial charge in [-0.05, 0) is 62.8 Å². The maximum absolute atomic E-state index is 12.1. The van der Waals surface area contributed by atoms with Crippen molar-refractivity contribution in [2.24, 2.45) is 11.7 Å². The number of amides is 1. The maximum atomic E-state index is 12.1. The van der Waals surface area contributed by atoms with E-state index in [0.717, 1.165) is 43.7 Å². The van der Waals surface area contributed by atoms with Gasteiger partial charge in [0.15, 0.2) is 0 Å². The molecule has 0 aliphatic carbocycles. The third-order valence-electron chi connectivity index (χ3n) is 4.36. The molecule has 23 heavy (non-hydrogen) atoms. The maximum Gasteiger partial charge on any atom is 0.222 e. The van der Waals surface area contributed by atoms with E-state index in [1.807, 2.05) is 4.90 Å². The lowest BCUT2D eigenvalue weighted by Gasteiger charge is -2.16. The molecule has 0 aromatic heterocycles. The fraction of sp³-hybridized carbons (Fsp3) is 0.611. The average molecular weight is 341 g/mol. The summed E-state index contributed by atoms with van der Waals surface area (Å²) in [7, 11) is 0. The van der Waals surface area contributed by atoms with Gasteiger partial charge < -0.3 is 15.4 Å². The van der Waals surface area contributed by atoms with Gasteiger partial charge in [-0.1, -0.05) is 12.1 Å². The standard InChI is InChI=1S/C18H28N2O2.ClH/c1-14-6-7-15(2)17(11-14)22-10-4-3-5-18(21)20-9-8-16(12-19)13-20;/h6-7,11,16H,3-5,8-10,12-13,19H2,1-2H3;1H. The molecule has 2 rings (SSSR count). The highest BCUT2D eigenvalue weighted by Gasteiger charge is 2.24. The molecule has 0 bridgehead atoms. The van der Waals surface area contributed by atoms with Gasteiger partial charge >= 0.3 is 0 Å². The van der Waals surface area contributed by atoms with Crippen LogP contribution in [-0.4, -0.2) is 37.0 Å². The zero-order valence-corrected chi connectivity index (χ0v) is 15.0. The minimum Gasteiger partial charge on any atom is -0.493 e. The van der Waals surface area contributed by atoms with Gasteiger partial charge in [0.25, 0.3) is 0 Å². The Balaban J connectivity index is 0.00000264. The van der Waals surface area contributed by atoms with Crippen LogP contribution >= 0.6 is 12.4 Å². The smallest absolute Gasteiger partial charge is 0.222 e.